The van der Waals surface area contributed by atoms with E-state index in [1.807, 2.05) is 41.3 Å². The lowest BCUT2D eigenvalue weighted by molar-refractivity contribution is -0.130. The van der Waals surface area contributed by atoms with Crippen LogP contribution in [-0.2, 0) is 17.8 Å². The van der Waals surface area contributed by atoms with Gasteiger partial charge in [-0.1, -0.05) is 12.1 Å². The van der Waals surface area contributed by atoms with Crippen LogP contribution in [0.1, 0.15) is 16.7 Å². The van der Waals surface area contributed by atoms with E-state index >= 15 is 0 Å². The maximum atomic E-state index is 12.7. The molecule has 31 heavy (non-hydrogen) atoms. The zero-order valence-electron chi connectivity index (χ0n) is 17.1. The number of aromatic nitrogens is 2. The van der Waals surface area contributed by atoms with Gasteiger partial charge in [0.1, 0.15) is 24.2 Å². The molecule has 1 fully saturated rings. The summed E-state index contributed by atoms with van der Waals surface area (Å²) in [6, 6.07) is 17.2. The van der Waals surface area contributed by atoms with Crippen molar-refractivity contribution in [3.8, 4) is 11.8 Å². The predicted octanol–water partition coefficient (Wildman–Crippen LogP) is 2.82. The van der Waals surface area contributed by atoms with Crippen LogP contribution in [0.15, 0.2) is 67.1 Å². The number of anilines is 1. The maximum absolute atomic E-state index is 12.7. The second kappa shape index (κ2) is 9.72. The largest absolute Gasteiger partial charge is 0.489 e. The highest BCUT2D eigenvalue weighted by atomic mass is 16.5. The first-order valence-electron chi connectivity index (χ1n) is 10.2. The summed E-state index contributed by atoms with van der Waals surface area (Å²) in [7, 11) is 0. The Labute approximate surface area is 181 Å². The van der Waals surface area contributed by atoms with Crippen molar-refractivity contribution >= 4 is 11.7 Å². The molecular formula is C24H23N5O2. The first kappa shape index (κ1) is 20.4. The summed E-state index contributed by atoms with van der Waals surface area (Å²) in [5.74, 6) is 1.57. The molecule has 1 amide bonds. The van der Waals surface area contributed by atoms with Gasteiger partial charge < -0.3 is 14.5 Å². The average molecular weight is 413 g/mol. The molecule has 0 aliphatic carbocycles. The van der Waals surface area contributed by atoms with Gasteiger partial charge in [0.15, 0.2) is 0 Å². The summed E-state index contributed by atoms with van der Waals surface area (Å²) in [5, 5.41) is 9.27. The first-order chi connectivity index (χ1) is 15.2. The van der Waals surface area contributed by atoms with Crippen molar-refractivity contribution in [1.29, 1.82) is 5.26 Å². The van der Waals surface area contributed by atoms with E-state index in [0.717, 1.165) is 16.9 Å². The monoisotopic (exact) mass is 413 g/mol. The average Bonchev–Trinajstić information content (AvgIpc) is 2.84. The Morgan fingerprint density at radius 3 is 2.42 bits per heavy atom. The van der Waals surface area contributed by atoms with Crippen molar-refractivity contribution in [2.75, 3.05) is 31.1 Å². The molecule has 0 unspecified atom stereocenters. The van der Waals surface area contributed by atoms with Gasteiger partial charge in [-0.15, -0.1) is 0 Å². The Hall–Kier alpha value is -3.92. The van der Waals surface area contributed by atoms with Gasteiger partial charge >= 0.3 is 0 Å². The molecule has 3 aromatic rings. The fourth-order valence-corrected chi connectivity index (χ4v) is 3.54. The number of rotatable bonds is 6. The number of amides is 1. The van der Waals surface area contributed by atoms with Crippen molar-refractivity contribution in [3.63, 3.8) is 0 Å². The first-order valence-corrected chi connectivity index (χ1v) is 10.2. The van der Waals surface area contributed by atoms with Crippen LogP contribution in [0.4, 0.5) is 5.82 Å². The molecule has 1 aliphatic rings. The smallest absolute Gasteiger partial charge is 0.227 e. The number of pyridine rings is 2. The number of benzene rings is 1. The van der Waals surface area contributed by atoms with Gasteiger partial charge in [-0.05, 0) is 47.5 Å². The van der Waals surface area contributed by atoms with Crippen molar-refractivity contribution in [2.45, 2.75) is 13.0 Å². The molecule has 156 valence electrons. The van der Waals surface area contributed by atoms with Crippen molar-refractivity contribution < 1.29 is 9.53 Å². The van der Waals surface area contributed by atoms with E-state index in [1.54, 1.807) is 30.7 Å². The fourth-order valence-electron chi connectivity index (χ4n) is 3.54. The third-order valence-electron chi connectivity index (χ3n) is 5.27. The SMILES string of the molecule is N#Cc1cccnc1N1CCN(C(=O)Cc2ccc(OCc3ccncc3)cc2)CC1. The van der Waals surface area contributed by atoms with Crippen LogP contribution in [0.5, 0.6) is 5.75 Å². The molecule has 3 heterocycles. The molecule has 0 spiro atoms. The minimum Gasteiger partial charge on any atom is -0.489 e. The molecule has 0 atom stereocenters. The zero-order chi connectivity index (χ0) is 21.5. The molecule has 7 heteroatoms. The van der Waals surface area contributed by atoms with E-state index in [0.29, 0.717) is 50.6 Å². The lowest BCUT2D eigenvalue weighted by Gasteiger charge is -2.35. The summed E-state index contributed by atoms with van der Waals surface area (Å²) in [5.41, 5.74) is 2.58. The van der Waals surface area contributed by atoms with Gasteiger partial charge in [0, 0.05) is 44.8 Å². The van der Waals surface area contributed by atoms with E-state index < -0.39 is 0 Å². The van der Waals surface area contributed by atoms with E-state index in [9.17, 15) is 10.1 Å². The van der Waals surface area contributed by atoms with Crippen LogP contribution in [0.25, 0.3) is 0 Å². The molecule has 4 rings (SSSR count). The Morgan fingerprint density at radius 1 is 0.968 bits per heavy atom. The Kier molecular flexibility index (Phi) is 6.38. The second-order valence-corrected chi connectivity index (χ2v) is 7.32. The van der Waals surface area contributed by atoms with Crippen molar-refractivity contribution in [2.24, 2.45) is 0 Å². The van der Waals surface area contributed by atoms with Crippen molar-refractivity contribution in [1.82, 2.24) is 14.9 Å². The topological polar surface area (TPSA) is 82.4 Å². The lowest BCUT2D eigenvalue weighted by atomic mass is 10.1. The number of nitrogens with zero attached hydrogens (tertiary/aromatic N) is 5. The van der Waals surface area contributed by atoms with Gasteiger partial charge in [-0.3, -0.25) is 9.78 Å². The van der Waals surface area contributed by atoms with E-state index in [-0.39, 0.29) is 5.91 Å². The zero-order valence-corrected chi connectivity index (χ0v) is 17.1. The number of piperazine rings is 1. The van der Waals surface area contributed by atoms with Gasteiger partial charge in [0.05, 0.1) is 12.0 Å². The lowest BCUT2D eigenvalue weighted by Crippen LogP contribution is -2.49. The summed E-state index contributed by atoms with van der Waals surface area (Å²) in [6.45, 7) is 3.05. The number of carbonyl (C=O) groups is 1. The quantitative estimate of drug-likeness (QED) is 0.618. The highest BCUT2D eigenvalue weighted by Gasteiger charge is 2.23. The highest BCUT2D eigenvalue weighted by Crippen LogP contribution is 2.19. The Bertz CT molecular complexity index is 1060. The van der Waals surface area contributed by atoms with Crippen LogP contribution in [0.2, 0.25) is 0 Å². The molecule has 1 aromatic carbocycles. The van der Waals surface area contributed by atoms with Crippen molar-refractivity contribution in [3.05, 3.63) is 83.8 Å². The summed E-state index contributed by atoms with van der Waals surface area (Å²) in [6.07, 6.45) is 5.54. The van der Waals surface area contributed by atoms with Crippen LogP contribution < -0.4 is 9.64 Å². The number of carbonyl (C=O) groups excluding carboxylic acids is 1. The van der Waals surface area contributed by atoms with Crippen LogP contribution >= 0.6 is 0 Å². The molecule has 1 saturated heterocycles. The third-order valence-corrected chi connectivity index (χ3v) is 5.27. The molecule has 0 N–H and O–H groups in total. The Morgan fingerprint density at radius 2 is 1.71 bits per heavy atom. The van der Waals surface area contributed by atoms with Crippen LogP contribution in [0, 0.1) is 11.3 Å². The number of hydrogen-bond acceptors (Lipinski definition) is 6. The summed E-state index contributed by atoms with van der Waals surface area (Å²) >= 11 is 0. The number of ether oxygens (including phenoxy) is 1. The molecule has 7 nitrogen and oxygen atoms in total. The molecule has 1 aliphatic heterocycles. The highest BCUT2D eigenvalue weighted by molar-refractivity contribution is 5.79. The van der Waals surface area contributed by atoms with Crippen LogP contribution in [0.3, 0.4) is 0 Å². The summed E-state index contributed by atoms with van der Waals surface area (Å²) in [4.78, 5) is 25.0. The normalized spacial score (nSPS) is 13.5. The molecule has 0 bridgehead atoms. The molecule has 2 aromatic heterocycles. The van der Waals surface area contributed by atoms with Crippen LogP contribution in [-0.4, -0.2) is 47.0 Å². The van der Waals surface area contributed by atoms with Gasteiger partial charge in [0.25, 0.3) is 0 Å². The molecule has 0 saturated carbocycles. The minimum absolute atomic E-state index is 0.103. The van der Waals surface area contributed by atoms with E-state index in [4.69, 9.17) is 4.74 Å². The molecular weight excluding hydrogens is 390 g/mol. The van der Waals surface area contributed by atoms with Gasteiger partial charge in [0.2, 0.25) is 5.91 Å². The van der Waals surface area contributed by atoms with E-state index in [2.05, 4.69) is 20.9 Å². The van der Waals surface area contributed by atoms with Gasteiger partial charge in [-0.25, -0.2) is 4.98 Å². The summed E-state index contributed by atoms with van der Waals surface area (Å²) < 4.78 is 5.78. The number of nitriles is 1. The minimum atomic E-state index is 0.103. The Balaban J connectivity index is 1.27. The second-order valence-electron chi connectivity index (χ2n) is 7.32. The molecule has 0 radical (unpaired) electrons. The maximum Gasteiger partial charge on any atom is 0.227 e. The van der Waals surface area contributed by atoms with Gasteiger partial charge in [-0.2, -0.15) is 5.26 Å². The standard InChI is InChI=1S/C24H23N5O2/c25-17-21-2-1-9-27-24(21)29-14-12-28(13-15-29)23(30)16-19-3-5-22(6-4-19)31-18-20-7-10-26-11-8-20/h1-11H,12-16,18H2. The third kappa shape index (κ3) is 5.17. The van der Waals surface area contributed by atoms with E-state index in [1.165, 1.54) is 0 Å². The predicted molar refractivity (Wildman–Crippen MR) is 116 cm³/mol. The fraction of sp³-hybridized carbons (Fsp3) is 0.250. The number of hydrogen-bond donors (Lipinski definition) is 0.